The van der Waals surface area contributed by atoms with Gasteiger partial charge in [0.15, 0.2) is 17.5 Å². The molecule has 0 saturated heterocycles. The Morgan fingerprint density at radius 1 is 0.613 bits per heavy atom. The van der Waals surface area contributed by atoms with Gasteiger partial charge in [0, 0.05) is 11.1 Å². The van der Waals surface area contributed by atoms with Gasteiger partial charge in [0.1, 0.15) is 5.75 Å². The maximum absolute atomic E-state index is 10.6. The van der Waals surface area contributed by atoms with Crippen LogP contribution in [0.5, 0.6) is 5.75 Å². The van der Waals surface area contributed by atoms with Gasteiger partial charge in [-0.15, -0.1) is 0 Å². The van der Waals surface area contributed by atoms with Crippen LogP contribution in [-0.2, 0) is 6.61 Å². The molecule has 0 unspecified atom stereocenters. The highest BCUT2D eigenvalue weighted by molar-refractivity contribution is 5.72. The monoisotopic (exact) mass is 411 g/mol. The van der Waals surface area contributed by atoms with Crippen LogP contribution in [0.2, 0.25) is 0 Å². The number of phenols is 1. The summed E-state index contributed by atoms with van der Waals surface area (Å²) in [7, 11) is 0. The Balaban J connectivity index is 1.96. The van der Waals surface area contributed by atoms with E-state index in [4.69, 9.17) is 15.0 Å². The fourth-order valence-electron chi connectivity index (χ4n) is 3.73. The first-order valence-electron chi connectivity index (χ1n) is 10.2. The van der Waals surface area contributed by atoms with Gasteiger partial charge in [-0.25, -0.2) is 15.0 Å². The van der Waals surface area contributed by atoms with Crippen LogP contribution in [-0.4, -0.2) is 25.2 Å². The summed E-state index contributed by atoms with van der Waals surface area (Å²) in [5.74, 6) is 1.53. The Bertz CT molecular complexity index is 1210. The number of hydrogen-bond donors (Lipinski definition) is 2. The lowest BCUT2D eigenvalue weighted by Crippen LogP contribution is -2.02. The summed E-state index contributed by atoms with van der Waals surface area (Å²) in [6, 6.07) is 17.3. The quantitative estimate of drug-likeness (QED) is 0.476. The molecule has 31 heavy (non-hydrogen) atoms. The van der Waals surface area contributed by atoms with Crippen molar-refractivity contribution in [2.45, 2.75) is 34.3 Å². The molecule has 2 N–H and O–H groups in total. The van der Waals surface area contributed by atoms with E-state index < -0.39 is 0 Å². The van der Waals surface area contributed by atoms with Crippen molar-refractivity contribution in [3.8, 4) is 39.9 Å². The van der Waals surface area contributed by atoms with E-state index in [1.165, 1.54) is 17.2 Å². The molecule has 156 valence electrons. The van der Waals surface area contributed by atoms with Gasteiger partial charge in [0.05, 0.1) is 12.2 Å². The van der Waals surface area contributed by atoms with E-state index in [0.717, 1.165) is 22.3 Å². The predicted molar refractivity (Wildman–Crippen MR) is 123 cm³/mol. The number of hydrogen-bond acceptors (Lipinski definition) is 5. The first kappa shape index (κ1) is 20.7. The van der Waals surface area contributed by atoms with Crippen molar-refractivity contribution in [3.63, 3.8) is 0 Å². The number of aliphatic hydroxyl groups excluding tert-OH is 1. The molecule has 1 aromatic heterocycles. The van der Waals surface area contributed by atoms with E-state index in [-0.39, 0.29) is 12.4 Å². The molecule has 3 aromatic carbocycles. The molecule has 0 aliphatic heterocycles. The molecule has 0 fully saturated rings. The van der Waals surface area contributed by atoms with Crippen LogP contribution in [0, 0.1) is 27.7 Å². The average Bonchev–Trinajstić information content (AvgIpc) is 2.73. The Morgan fingerprint density at radius 3 is 1.48 bits per heavy atom. The summed E-state index contributed by atoms with van der Waals surface area (Å²) in [6.45, 7) is 8.04. The topological polar surface area (TPSA) is 79.1 Å². The van der Waals surface area contributed by atoms with Crippen molar-refractivity contribution in [1.29, 1.82) is 0 Å². The van der Waals surface area contributed by atoms with Crippen molar-refractivity contribution in [2.24, 2.45) is 0 Å². The van der Waals surface area contributed by atoms with Crippen LogP contribution in [0.1, 0.15) is 27.8 Å². The van der Waals surface area contributed by atoms with Crippen molar-refractivity contribution in [3.05, 3.63) is 82.4 Å². The Kier molecular flexibility index (Phi) is 5.53. The van der Waals surface area contributed by atoms with Crippen LogP contribution < -0.4 is 0 Å². The van der Waals surface area contributed by atoms with Gasteiger partial charge in [-0.1, -0.05) is 53.6 Å². The van der Waals surface area contributed by atoms with Crippen LogP contribution in [0.25, 0.3) is 34.2 Å². The molecule has 5 heteroatoms. The number of nitrogens with zero attached hydrogens (tertiary/aromatic N) is 3. The van der Waals surface area contributed by atoms with E-state index in [2.05, 4.69) is 26.0 Å². The molecular formula is C26H25N3O2. The first-order chi connectivity index (χ1) is 14.9. The van der Waals surface area contributed by atoms with Gasteiger partial charge in [-0.3, -0.25) is 0 Å². The molecule has 4 rings (SSSR count). The maximum atomic E-state index is 10.6. The number of aromatic hydroxyl groups is 1. The fraction of sp³-hybridized carbons (Fsp3) is 0.192. The van der Waals surface area contributed by atoms with E-state index in [0.29, 0.717) is 28.6 Å². The Hall–Kier alpha value is -3.57. The van der Waals surface area contributed by atoms with Gasteiger partial charge in [0.2, 0.25) is 0 Å². The molecule has 0 saturated carbocycles. The molecule has 0 spiro atoms. The number of aliphatic hydroxyl groups is 1. The number of benzene rings is 3. The normalized spacial score (nSPS) is 11.0. The summed E-state index contributed by atoms with van der Waals surface area (Å²) in [6.07, 6.45) is 0. The highest BCUT2D eigenvalue weighted by Gasteiger charge is 2.17. The van der Waals surface area contributed by atoms with Crippen molar-refractivity contribution in [2.75, 3.05) is 0 Å². The van der Waals surface area contributed by atoms with Gasteiger partial charge < -0.3 is 10.2 Å². The van der Waals surface area contributed by atoms with Crippen LogP contribution >= 0.6 is 0 Å². The molecule has 0 bridgehead atoms. The van der Waals surface area contributed by atoms with Gasteiger partial charge in [0.25, 0.3) is 0 Å². The third-order valence-electron chi connectivity index (χ3n) is 5.37. The molecular weight excluding hydrogens is 386 g/mol. The molecule has 0 atom stereocenters. The summed E-state index contributed by atoms with van der Waals surface area (Å²) in [4.78, 5) is 14.2. The van der Waals surface area contributed by atoms with E-state index in [1.54, 1.807) is 12.1 Å². The van der Waals surface area contributed by atoms with E-state index in [1.807, 2.05) is 38.1 Å². The second-order valence-electron chi connectivity index (χ2n) is 7.95. The number of rotatable bonds is 4. The number of aromatic nitrogens is 3. The van der Waals surface area contributed by atoms with Crippen LogP contribution in [0.3, 0.4) is 0 Å². The largest absolute Gasteiger partial charge is 0.507 e. The van der Waals surface area contributed by atoms with Gasteiger partial charge in [-0.05, 0) is 56.5 Å². The first-order valence-corrected chi connectivity index (χ1v) is 10.2. The van der Waals surface area contributed by atoms with E-state index >= 15 is 0 Å². The third kappa shape index (κ3) is 4.18. The second-order valence-corrected chi connectivity index (χ2v) is 7.95. The highest BCUT2D eigenvalue weighted by Crippen LogP contribution is 2.32. The molecule has 0 radical (unpaired) electrons. The molecule has 0 aliphatic carbocycles. The summed E-state index contributed by atoms with van der Waals surface area (Å²) in [5.41, 5.74) is 7.45. The summed E-state index contributed by atoms with van der Waals surface area (Å²) >= 11 is 0. The van der Waals surface area contributed by atoms with Crippen molar-refractivity contribution < 1.29 is 10.2 Å². The minimum absolute atomic E-state index is 0.0240. The maximum Gasteiger partial charge on any atom is 0.167 e. The second kappa shape index (κ2) is 8.28. The van der Waals surface area contributed by atoms with E-state index in [9.17, 15) is 10.2 Å². The van der Waals surface area contributed by atoms with Crippen LogP contribution in [0.15, 0.2) is 54.6 Å². The third-order valence-corrected chi connectivity index (χ3v) is 5.37. The minimum Gasteiger partial charge on any atom is -0.507 e. The highest BCUT2D eigenvalue weighted by atomic mass is 16.3. The Labute approximate surface area is 182 Å². The minimum atomic E-state index is -0.146. The molecule has 0 amide bonds. The standard InChI is InChI=1S/C26H25N3O2/c1-15-5-8-20(17(3)11-15)24-27-25(21-9-6-16(2)12-18(21)4)29-26(28-24)22-10-7-19(14-30)13-23(22)31/h5-13,30-31H,14H2,1-4H3. The summed E-state index contributed by atoms with van der Waals surface area (Å²) < 4.78 is 0. The lowest BCUT2D eigenvalue weighted by Gasteiger charge is -2.13. The number of aryl methyl sites for hydroxylation is 4. The molecule has 1 heterocycles. The van der Waals surface area contributed by atoms with Gasteiger partial charge in [-0.2, -0.15) is 0 Å². The average molecular weight is 412 g/mol. The van der Waals surface area contributed by atoms with Crippen molar-refractivity contribution in [1.82, 2.24) is 15.0 Å². The zero-order valence-electron chi connectivity index (χ0n) is 18.1. The number of phenolic OH excluding ortho intramolecular Hbond substituents is 1. The van der Waals surface area contributed by atoms with Crippen LogP contribution in [0.4, 0.5) is 0 Å². The predicted octanol–water partition coefficient (Wildman–Crippen LogP) is 5.30. The zero-order chi connectivity index (χ0) is 22.1. The van der Waals surface area contributed by atoms with Crippen molar-refractivity contribution >= 4 is 0 Å². The SMILES string of the molecule is Cc1ccc(-c2nc(-c3ccc(C)cc3C)nc(-c3ccc(CO)cc3O)n2)c(C)c1. The fourth-order valence-corrected chi connectivity index (χ4v) is 3.73. The van der Waals surface area contributed by atoms with Gasteiger partial charge >= 0.3 is 0 Å². The Morgan fingerprint density at radius 2 is 1.06 bits per heavy atom. The summed E-state index contributed by atoms with van der Waals surface area (Å²) in [5, 5.41) is 19.9. The smallest absolute Gasteiger partial charge is 0.167 e. The molecule has 4 aromatic rings. The zero-order valence-corrected chi connectivity index (χ0v) is 18.1. The lowest BCUT2D eigenvalue weighted by molar-refractivity contribution is 0.281. The lowest BCUT2D eigenvalue weighted by atomic mass is 10.0. The molecule has 5 nitrogen and oxygen atoms in total. The molecule has 0 aliphatic rings.